The van der Waals surface area contributed by atoms with Crippen LogP contribution in [0.4, 0.5) is 11.4 Å². The summed E-state index contributed by atoms with van der Waals surface area (Å²) < 4.78 is 5.24. The van der Waals surface area contributed by atoms with Crippen LogP contribution in [0.1, 0.15) is 10.4 Å². The number of nitrogens with zero attached hydrogens (tertiary/aromatic N) is 2. The highest BCUT2D eigenvalue weighted by Crippen LogP contribution is 2.33. The van der Waals surface area contributed by atoms with Gasteiger partial charge in [0.2, 0.25) is 0 Å². The fraction of sp³-hybridized carbons (Fsp3) is 0.0345. The van der Waals surface area contributed by atoms with Crippen molar-refractivity contribution < 1.29 is 14.5 Å². The van der Waals surface area contributed by atoms with E-state index in [1.807, 2.05) is 60.7 Å². The minimum atomic E-state index is -0.425. The Labute approximate surface area is 207 Å². The summed E-state index contributed by atoms with van der Waals surface area (Å²) in [5.74, 6) is 0.407. The molecule has 0 aliphatic heterocycles. The summed E-state index contributed by atoms with van der Waals surface area (Å²) in [7, 11) is 1.58. The lowest BCUT2D eigenvalue weighted by Crippen LogP contribution is -2.12. The number of nitro benzene ring substituents is 1. The van der Waals surface area contributed by atoms with Gasteiger partial charge in [-0.15, -0.1) is 0 Å². The fourth-order valence-corrected chi connectivity index (χ4v) is 4.03. The number of benzene rings is 4. The lowest BCUT2D eigenvalue weighted by atomic mass is 9.97. The van der Waals surface area contributed by atoms with Crippen molar-refractivity contribution in [3.05, 3.63) is 119 Å². The first-order valence-electron chi connectivity index (χ1n) is 11.2. The average Bonchev–Trinajstić information content (AvgIpc) is 2.92. The van der Waals surface area contributed by atoms with Gasteiger partial charge in [-0.2, -0.15) is 0 Å². The van der Waals surface area contributed by atoms with Crippen molar-refractivity contribution in [3.8, 4) is 28.1 Å². The molecule has 0 unspecified atom stereocenters. The lowest BCUT2D eigenvalue weighted by molar-refractivity contribution is -0.384. The Bertz CT molecular complexity index is 1580. The Hall–Kier alpha value is -5.04. The summed E-state index contributed by atoms with van der Waals surface area (Å²) in [5, 5.41) is 14.8. The van der Waals surface area contributed by atoms with Crippen LogP contribution in [0.15, 0.2) is 103 Å². The second kappa shape index (κ2) is 9.68. The van der Waals surface area contributed by atoms with E-state index in [9.17, 15) is 14.9 Å². The zero-order chi connectivity index (χ0) is 25.1. The molecule has 4 aromatic carbocycles. The van der Waals surface area contributed by atoms with Gasteiger partial charge >= 0.3 is 0 Å². The van der Waals surface area contributed by atoms with Crippen LogP contribution in [0, 0.1) is 10.1 Å². The number of pyridine rings is 1. The number of amides is 1. The van der Waals surface area contributed by atoms with Crippen molar-refractivity contribution >= 4 is 28.2 Å². The third kappa shape index (κ3) is 4.63. The highest BCUT2D eigenvalue weighted by atomic mass is 16.6. The third-order valence-corrected chi connectivity index (χ3v) is 5.86. The summed E-state index contributed by atoms with van der Waals surface area (Å²) in [4.78, 5) is 28.5. The van der Waals surface area contributed by atoms with Gasteiger partial charge in [0.1, 0.15) is 5.75 Å². The number of hydrogen-bond donors (Lipinski definition) is 1. The van der Waals surface area contributed by atoms with E-state index in [1.165, 1.54) is 12.1 Å². The number of carbonyl (C=O) groups is 1. The van der Waals surface area contributed by atoms with E-state index in [2.05, 4.69) is 5.32 Å². The van der Waals surface area contributed by atoms with Crippen LogP contribution < -0.4 is 10.1 Å². The maximum Gasteiger partial charge on any atom is 0.269 e. The van der Waals surface area contributed by atoms with Gasteiger partial charge in [0.15, 0.2) is 0 Å². The molecule has 0 aliphatic carbocycles. The van der Waals surface area contributed by atoms with E-state index in [4.69, 9.17) is 9.72 Å². The number of carbonyl (C=O) groups excluding carboxylic acids is 1. The number of nitrogens with one attached hydrogen (secondary N) is 1. The third-order valence-electron chi connectivity index (χ3n) is 5.86. The molecule has 5 aromatic rings. The van der Waals surface area contributed by atoms with E-state index in [-0.39, 0.29) is 11.6 Å². The number of fused-ring (bicyclic) bond motifs is 1. The van der Waals surface area contributed by atoms with E-state index >= 15 is 0 Å². The largest absolute Gasteiger partial charge is 0.497 e. The minimum absolute atomic E-state index is 0.0227. The van der Waals surface area contributed by atoms with Crippen molar-refractivity contribution in [2.45, 2.75) is 0 Å². The molecular formula is C29H21N3O4. The Morgan fingerprint density at radius 3 is 2.36 bits per heavy atom. The summed E-state index contributed by atoms with van der Waals surface area (Å²) in [6.45, 7) is 0. The number of ether oxygens (including phenoxy) is 1. The zero-order valence-electron chi connectivity index (χ0n) is 19.3. The number of hydrogen-bond acceptors (Lipinski definition) is 5. The summed E-state index contributed by atoms with van der Waals surface area (Å²) in [5.41, 5.74) is 5.19. The van der Waals surface area contributed by atoms with Gasteiger partial charge in [-0.25, -0.2) is 4.98 Å². The minimum Gasteiger partial charge on any atom is -0.497 e. The van der Waals surface area contributed by atoms with Gasteiger partial charge in [-0.05, 0) is 59.7 Å². The van der Waals surface area contributed by atoms with Gasteiger partial charge < -0.3 is 10.1 Å². The van der Waals surface area contributed by atoms with Crippen LogP contribution >= 0.6 is 0 Å². The fourth-order valence-electron chi connectivity index (χ4n) is 4.03. The molecule has 7 nitrogen and oxygen atoms in total. The smallest absolute Gasteiger partial charge is 0.269 e. The van der Waals surface area contributed by atoms with E-state index in [0.717, 1.165) is 22.1 Å². The normalized spacial score (nSPS) is 10.7. The van der Waals surface area contributed by atoms with Crippen molar-refractivity contribution in [2.24, 2.45) is 0 Å². The predicted molar refractivity (Wildman–Crippen MR) is 140 cm³/mol. The van der Waals surface area contributed by atoms with Crippen LogP contribution in [-0.4, -0.2) is 22.9 Å². The molecule has 1 N–H and O–H groups in total. The maximum atomic E-state index is 13.1. The molecule has 0 atom stereocenters. The maximum absolute atomic E-state index is 13.1. The lowest BCUT2D eigenvalue weighted by Gasteiger charge is -2.12. The molecule has 0 bridgehead atoms. The van der Waals surface area contributed by atoms with Gasteiger partial charge in [0.05, 0.1) is 23.2 Å². The molecule has 36 heavy (non-hydrogen) atoms. The first-order chi connectivity index (χ1) is 17.5. The highest BCUT2D eigenvalue weighted by molar-refractivity contribution is 6.08. The van der Waals surface area contributed by atoms with Crippen LogP contribution in [0.5, 0.6) is 5.75 Å². The molecule has 5 rings (SSSR count). The summed E-state index contributed by atoms with van der Waals surface area (Å²) in [6.07, 6.45) is 0. The Balaban J connectivity index is 1.58. The summed E-state index contributed by atoms with van der Waals surface area (Å²) in [6, 6.07) is 30.7. The highest BCUT2D eigenvalue weighted by Gasteiger charge is 2.14. The molecule has 0 radical (unpaired) electrons. The van der Waals surface area contributed by atoms with Crippen LogP contribution in [0.2, 0.25) is 0 Å². The molecule has 1 heterocycles. The quantitative estimate of drug-likeness (QED) is 0.217. The van der Waals surface area contributed by atoms with Crippen molar-refractivity contribution in [1.29, 1.82) is 0 Å². The van der Waals surface area contributed by atoms with Crippen LogP contribution in [0.3, 0.4) is 0 Å². The Morgan fingerprint density at radius 2 is 1.64 bits per heavy atom. The number of aromatic nitrogens is 1. The van der Waals surface area contributed by atoms with Gasteiger partial charge in [0, 0.05) is 40.4 Å². The zero-order valence-corrected chi connectivity index (χ0v) is 19.3. The van der Waals surface area contributed by atoms with Crippen molar-refractivity contribution in [3.63, 3.8) is 0 Å². The molecule has 7 heteroatoms. The molecule has 0 fully saturated rings. The molecule has 0 saturated heterocycles. The molecular weight excluding hydrogens is 454 g/mol. The number of rotatable bonds is 6. The number of nitro groups is 1. The van der Waals surface area contributed by atoms with Crippen molar-refractivity contribution in [1.82, 2.24) is 4.98 Å². The molecule has 176 valence electrons. The molecule has 1 amide bonds. The number of methoxy groups -OCH3 is 1. The monoisotopic (exact) mass is 475 g/mol. The van der Waals surface area contributed by atoms with Gasteiger partial charge in [0.25, 0.3) is 11.6 Å². The van der Waals surface area contributed by atoms with Gasteiger partial charge in [-0.1, -0.05) is 36.4 Å². The summed E-state index contributed by atoms with van der Waals surface area (Å²) >= 11 is 0. The van der Waals surface area contributed by atoms with Gasteiger partial charge in [-0.3, -0.25) is 14.9 Å². The second-order valence-corrected chi connectivity index (χ2v) is 8.14. The Morgan fingerprint density at radius 1 is 0.861 bits per heavy atom. The molecule has 0 aliphatic rings. The predicted octanol–water partition coefficient (Wildman–Crippen LogP) is 6.74. The van der Waals surface area contributed by atoms with Crippen LogP contribution in [-0.2, 0) is 0 Å². The van der Waals surface area contributed by atoms with Crippen molar-refractivity contribution in [2.75, 3.05) is 12.4 Å². The number of anilines is 1. The van der Waals surface area contributed by atoms with Crippen LogP contribution in [0.25, 0.3) is 33.3 Å². The SMILES string of the molecule is COc1cccc(NC(=O)c2ccc3nc(-c4ccc([N+](=O)[O-])cc4)cc(-c4ccccc4)c3c2)c1. The average molecular weight is 476 g/mol. The number of non-ortho nitro benzene ring substituents is 1. The van der Waals surface area contributed by atoms with E-state index in [0.29, 0.717) is 28.2 Å². The standard InChI is InChI=1S/C29H21N3O4/c1-36-24-9-5-8-22(17-24)30-29(33)21-12-15-27-26(16-21)25(19-6-3-2-4-7-19)18-28(31-27)20-10-13-23(14-11-20)32(34)35/h2-18H,1H3,(H,30,33). The van der Waals surface area contributed by atoms with E-state index in [1.54, 1.807) is 37.4 Å². The second-order valence-electron chi connectivity index (χ2n) is 8.14. The first kappa shape index (κ1) is 22.7. The van der Waals surface area contributed by atoms with E-state index < -0.39 is 4.92 Å². The molecule has 1 aromatic heterocycles. The molecule has 0 saturated carbocycles. The Kier molecular flexibility index (Phi) is 6.11. The topological polar surface area (TPSA) is 94.4 Å². The molecule has 0 spiro atoms. The first-order valence-corrected chi connectivity index (χ1v) is 11.2.